The van der Waals surface area contributed by atoms with Gasteiger partial charge in [-0.1, -0.05) is 12.1 Å². The molecule has 1 aliphatic rings. The standard InChI is InChI=1S/C23H28FN5O4/c1-26-21-20(22(31)27(2)23(26)32)28(15-25-21)10-4-9-19(30)29(14-18-8-5-11-33-18)13-16-6-3-7-17(24)12-16/h3,6-7,12,15,18H,4-5,8-11,13-14H2,1-2H3. The largest absolute Gasteiger partial charge is 0.376 e. The van der Waals surface area contributed by atoms with E-state index < -0.39 is 11.2 Å². The number of halogens is 1. The molecule has 0 saturated carbocycles. The molecular weight excluding hydrogens is 429 g/mol. The summed E-state index contributed by atoms with van der Waals surface area (Å²) in [6.45, 7) is 1.88. The number of hydrogen-bond donors (Lipinski definition) is 0. The van der Waals surface area contributed by atoms with Crippen LogP contribution in [0, 0.1) is 5.82 Å². The summed E-state index contributed by atoms with van der Waals surface area (Å²) in [7, 11) is 3.00. The van der Waals surface area contributed by atoms with Crippen LogP contribution in [-0.2, 0) is 36.7 Å². The number of amides is 1. The first-order chi connectivity index (χ1) is 15.8. The van der Waals surface area contributed by atoms with Gasteiger partial charge < -0.3 is 14.2 Å². The Labute approximate surface area is 190 Å². The highest BCUT2D eigenvalue weighted by Gasteiger charge is 2.23. The zero-order chi connectivity index (χ0) is 23.5. The Hall–Kier alpha value is -3.27. The summed E-state index contributed by atoms with van der Waals surface area (Å²) in [5, 5.41) is 0. The van der Waals surface area contributed by atoms with Crippen LogP contribution in [0.1, 0.15) is 31.2 Å². The van der Waals surface area contributed by atoms with E-state index in [1.807, 2.05) is 0 Å². The third-order valence-corrected chi connectivity index (χ3v) is 6.07. The predicted molar refractivity (Wildman–Crippen MR) is 120 cm³/mol. The number of imidazole rings is 1. The lowest BCUT2D eigenvalue weighted by Crippen LogP contribution is -2.37. The molecule has 0 aliphatic carbocycles. The number of carbonyl (C=O) groups excluding carboxylic acids is 1. The van der Waals surface area contributed by atoms with Gasteiger partial charge in [0.1, 0.15) is 5.82 Å². The normalized spacial score (nSPS) is 15.9. The number of carbonyl (C=O) groups is 1. The number of aromatic nitrogens is 4. The van der Waals surface area contributed by atoms with Crippen LogP contribution in [-0.4, -0.2) is 48.7 Å². The maximum Gasteiger partial charge on any atom is 0.332 e. The minimum Gasteiger partial charge on any atom is -0.376 e. The van der Waals surface area contributed by atoms with Crippen LogP contribution in [0.5, 0.6) is 0 Å². The van der Waals surface area contributed by atoms with Gasteiger partial charge in [-0.3, -0.25) is 18.7 Å². The molecule has 0 spiro atoms. The Kier molecular flexibility index (Phi) is 6.73. The third-order valence-electron chi connectivity index (χ3n) is 6.07. The van der Waals surface area contributed by atoms with Gasteiger partial charge in [0.25, 0.3) is 5.56 Å². The monoisotopic (exact) mass is 457 g/mol. The number of benzene rings is 1. The summed E-state index contributed by atoms with van der Waals surface area (Å²) >= 11 is 0. The first-order valence-electron chi connectivity index (χ1n) is 11.1. The van der Waals surface area contributed by atoms with E-state index in [9.17, 15) is 18.8 Å². The summed E-state index contributed by atoms with van der Waals surface area (Å²) in [5.41, 5.74) is 0.535. The van der Waals surface area contributed by atoms with E-state index in [4.69, 9.17) is 4.74 Å². The predicted octanol–water partition coefficient (Wildman–Crippen LogP) is 1.56. The van der Waals surface area contributed by atoms with Crippen LogP contribution in [0.3, 0.4) is 0 Å². The molecule has 10 heteroatoms. The number of hydrogen-bond acceptors (Lipinski definition) is 5. The third kappa shape index (κ3) is 4.90. The zero-order valence-corrected chi connectivity index (χ0v) is 18.9. The molecule has 0 N–H and O–H groups in total. The minimum atomic E-state index is -0.435. The van der Waals surface area contributed by atoms with Crippen molar-refractivity contribution in [3.8, 4) is 0 Å². The molecule has 3 heterocycles. The van der Waals surface area contributed by atoms with Gasteiger partial charge in [-0.25, -0.2) is 14.2 Å². The zero-order valence-electron chi connectivity index (χ0n) is 18.9. The van der Waals surface area contributed by atoms with Crippen molar-refractivity contribution in [3.05, 3.63) is 62.8 Å². The van der Waals surface area contributed by atoms with E-state index in [1.54, 1.807) is 28.6 Å². The van der Waals surface area contributed by atoms with E-state index in [0.29, 0.717) is 43.8 Å². The van der Waals surface area contributed by atoms with E-state index in [1.165, 1.54) is 30.1 Å². The van der Waals surface area contributed by atoms with Gasteiger partial charge in [0.15, 0.2) is 11.2 Å². The molecule has 33 heavy (non-hydrogen) atoms. The van der Waals surface area contributed by atoms with Gasteiger partial charge >= 0.3 is 5.69 Å². The fourth-order valence-electron chi connectivity index (χ4n) is 4.27. The highest BCUT2D eigenvalue weighted by atomic mass is 19.1. The van der Waals surface area contributed by atoms with Crippen molar-refractivity contribution in [2.45, 2.75) is 44.9 Å². The summed E-state index contributed by atoms with van der Waals surface area (Å²) in [4.78, 5) is 43.7. The van der Waals surface area contributed by atoms with Crippen molar-refractivity contribution in [1.29, 1.82) is 0 Å². The molecule has 1 aromatic carbocycles. The van der Waals surface area contributed by atoms with Crippen molar-refractivity contribution in [2.75, 3.05) is 13.2 Å². The molecule has 1 unspecified atom stereocenters. The van der Waals surface area contributed by atoms with E-state index in [2.05, 4.69) is 4.98 Å². The molecule has 1 aliphatic heterocycles. The molecule has 9 nitrogen and oxygen atoms in total. The Bertz CT molecular complexity index is 1270. The molecule has 1 fully saturated rings. The van der Waals surface area contributed by atoms with Crippen LogP contribution in [0.25, 0.3) is 11.2 Å². The second-order valence-corrected chi connectivity index (χ2v) is 8.46. The van der Waals surface area contributed by atoms with Crippen LogP contribution in [0.2, 0.25) is 0 Å². The van der Waals surface area contributed by atoms with Crippen molar-refractivity contribution in [3.63, 3.8) is 0 Å². The first-order valence-corrected chi connectivity index (χ1v) is 11.1. The molecule has 3 aromatic rings. The smallest absolute Gasteiger partial charge is 0.332 e. The molecule has 2 aromatic heterocycles. The minimum absolute atomic E-state index is 0.00981. The maximum absolute atomic E-state index is 13.6. The molecule has 176 valence electrons. The van der Waals surface area contributed by atoms with Crippen LogP contribution in [0.4, 0.5) is 4.39 Å². The second-order valence-electron chi connectivity index (χ2n) is 8.46. The highest BCUT2D eigenvalue weighted by Crippen LogP contribution is 2.17. The van der Waals surface area contributed by atoms with E-state index in [-0.39, 0.29) is 24.2 Å². The van der Waals surface area contributed by atoms with Crippen molar-refractivity contribution >= 4 is 17.1 Å². The van der Waals surface area contributed by atoms with Gasteiger partial charge in [-0.05, 0) is 37.0 Å². The number of fused-ring (bicyclic) bond motifs is 1. The topological polar surface area (TPSA) is 91.4 Å². The van der Waals surface area contributed by atoms with E-state index in [0.717, 1.165) is 23.0 Å². The lowest BCUT2D eigenvalue weighted by atomic mass is 10.1. The molecule has 1 saturated heterocycles. The second kappa shape index (κ2) is 9.70. The quantitative estimate of drug-likeness (QED) is 0.512. The average Bonchev–Trinajstić information content (AvgIpc) is 3.46. The number of ether oxygens (including phenoxy) is 1. The molecule has 4 rings (SSSR count). The molecule has 1 amide bonds. The van der Waals surface area contributed by atoms with Crippen LogP contribution >= 0.6 is 0 Å². The van der Waals surface area contributed by atoms with Gasteiger partial charge in [0.05, 0.1) is 12.4 Å². The summed E-state index contributed by atoms with van der Waals surface area (Å²) < 4.78 is 23.4. The van der Waals surface area contributed by atoms with Gasteiger partial charge in [0, 0.05) is 46.8 Å². The van der Waals surface area contributed by atoms with Gasteiger partial charge in [0.2, 0.25) is 5.91 Å². The first kappa shape index (κ1) is 22.9. The molecule has 0 bridgehead atoms. The van der Waals surface area contributed by atoms with Gasteiger partial charge in [-0.15, -0.1) is 0 Å². The summed E-state index contributed by atoms with van der Waals surface area (Å²) in [6.07, 6.45) is 4.13. The maximum atomic E-state index is 13.6. The fraction of sp³-hybridized carbons (Fsp3) is 0.478. The Morgan fingerprint density at radius 1 is 1.27 bits per heavy atom. The molecule has 0 radical (unpaired) electrons. The molecular formula is C23H28FN5O4. The van der Waals surface area contributed by atoms with Crippen molar-refractivity contribution in [1.82, 2.24) is 23.6 Å². The fourth-order valence-corrected chi connectivity index (χ4v) is 4.27. The summed E-state index contributed by atoms with van der Waals surface area (Å²) in [6, 6.07) is 6.26. The van der Waals surface area contributed by atoms with Crippen LogP contribution < -0.4 is 11.2 Å². The van der Waals surface area contributed by atoms with Crippen molar-refractivity contribution < 1.29 is 13.9 Å². The summed E-state index contributed by atoms with van der Waals surface area (Å²) in [5.74, 6) is -0.389. The van der Waals surface area contributed by atoms with Gasteiger partial charge in [-0.2, -0.15) is 0 Å². The van der Waals surface area contributed by atoms with Crippen LogP contribution in [0.15, 0.2) is 40.2 Å². The van der Waals surface area contributed by atoms with E-state index >= 15 is 0 Å². The highest BCUT2D eigenvalue weighted by molar-refractivity contribution is 5.76. The van der Waals surface area contributed by atoms with Crippen molar-refractivity contribution in [2.24, 2.45) is 14.1 Å². The lowest BCUT2D eigenvalue weighted by molar-refractivity contribution is -0.133. The number of nitrogens with zero attached hydrogens (tertiary/aromatic N) is 5. The number of aryl methyl sites for hydroxylation is 2. The lowest BCUT2D eigenvalue weighted by Gasteiger charge is -2.26. The Morgan fingerprint density at radius 3 is 2.82 bits per heavy atom. The average molecular weight is 458 g/mol. The SMILES string of the molecule is Cn1c(=O)c2c(ncn2CCCC(=O)N(Cc2cccc(F)c2)CC2CCCO2)n(C)c1=O. The molecule has 1 atom stereocenters. The number of rotatable bonds is 8. The Balaban J connectivity index is 1.46. The Morgan fingerprint density at radius 2 is 2.09 bits per heavy atom.